The highest BCUT2D eigenvalue weighted by Gasteiger charge is 2.15. The van der Waals surface area contributed by atoms with Crippen LogP contribution < -0.4 is 0 Å². The van der Waals surface area contributed by atoms with Gasteiger partial charge in [0.15, 0.2) is 0 Å². The van der Waals surface area contributed by atoms with E-state index in [1.165, 1.54) is 44.1 Å². The van der Waals surface area contributed by atoms with Gasteiger partial charge in [-0.1, -0.05) is 84.9 Å². The first-order chi connectivity index (χ1) is 15.8. The van der Waals surface area contributed by atoms with Gasteiger partial charge < -0.3 is 4.57 Å². The largest absolute Gasteiger partial charge is 0.308 e. The van der Waals surface area contributed by atoms with Crippen molar-refractivity contribution in [3.8, 4) is 27.9 Å². The average molecular weight is 474 g/mol. The molecule has 1 aromatic heterocycles. The normalized spacial score (nSPS) is 11.3. The van der Waals surface area contributed by atoms with E-state index < -0.39 is 0 Å². The van der Waals surface area contributed by atoms with Crippen LogP contribution in [0.2, 0.25) is 0 Å². The van der Waals surface area contributed by atoms with Gasteiger partial charge in [0, 0.05) is 15.2 Å². The van der Waals surface area contributed by atoms with Crippen LogP contribution >= 0.6 is 15.9 Å². The Bertz CT molecular complexity index is 1470. The maximum Gasteiger partial charge on any atom is 0.0604 e. The highest BCUT2D eigenvalue weighted by molar-refractivity contribution is 9.10. The number of nitrogens with zero attached hydrogens (tertiary/aromatic N) is 1. The number of hydrogen-bond donors (Lipinski definition) is 0. The van der Waals surface area contributed by atoms with E-state index >= 15 is 0 Å². The molecule has 32 heavy (non-hydrogen) atoms. The third kappa shape index (κ3) is 3.16. The van der Waals surface area contributed by atoms with E-state index in [1.54, 1.807) is 0 Å². The Labute approximate surface area is 195 Å². The number of fused-ring (bicyclic) bond motifs is 3. The number of halogens is 1. The predicted molar refractivity (Wildman–Crippen MR) is 139 cm³/mol. The Hall–Kier alpha value is -3.62. The molecule has 0 saturated heterocycles. The van der Waals surface area contributed by atoms with Crippen LogP contribution in [0.5, 0.6) is 0 Å². The molecule has 0 radical (unpaired) electrons. The summed E-state index contributed by atoms with van der Waals surface area (Å²) in [6, 6.07) is 43.2. The topological polar surface area (TPSA) is 4.93 Å². The van der Waals surface area contributed by atoms with Crippen molar-refractivity contribution < 1.29 is 0 Å². The van der Waals surface area contributed by atoms with E-state index in [0.29, 0.717) is 0 Å². The number of para-hydroxylation sites is 1. The first-order valence-corrected chi connectivity index (χ1v) is 11.5. The summed E-state index contributed by atoms with van der Waals surface area (Å²) in [7, 11) is 0. The lowest BCUT2D eigenvalue weighted by Gasteiger charge is -2.10. The van der Waals surface area contributed by atoms with Gasteiger partial charge in [-0.2, -0.15) is 0 Å². The predicted octanol–water partition coefficient (Wildman–Crippen LogP) is 8.88. The third-order valence-corrected chi connectivity index (χ3v) is 6.74. The van der Waals surface area contributed by atoms with Crippen molar-refractivity contribution in [2.24, 2.45) is 0 Å². The minimum atomic E-state index is 1.08. The van der Waals surface area contributed by atoms with Gasteiger partial charge in [-0.3, -0.25) is 0 Å². The maximum absolute atomic E-state index is 3.77. The van der Waals surface area contributed by atoms with E-state index in [4.69, 9.17) is 0 Å². The Morgan fingerprint density at radius 3 is 1.41 bits per heavy atom. The molecule has 2 heteroatoms. The summed E-state index contributed by atoms with van der Waals surface area (Å²) < 4.78 is 3.44. The van der Waals surface area contributed by atoms with Gasteiger partial charge in [-0.05, 0) is 74.6 Å². The molecular weight excluding hydrogens is 454 g/mol. The lowest BCUT2D eigenvalue weighted by Crippen LogP contribution is -1.94. The van der Waals surface area contributed by atoms with Gasteiger partial charge in [0.2, 0.25) is 0 Å². The van der Waals surface area contributed by atoms with Crippen LogP contribution in [-0.2, 0) is 0 Å². The molecule has 0 saturated carbocycles. The van der Waals surface area contributed by atoms with E-state index in [9.17, 15) is 0 Å². The van der Waals surface area contributed by atoms with Crippen LogP contribution in [0.25, 0.3) is 49.7 Å². The van der Waals surface area contributed by atoms with Crippen LogP contribution in [0.4, 0.5) is 0 Å². The zero-order valence-corrected chi connectivity index (χ0v) is 19.0. The van der Waals surface area contributed by atoms with Crippen molar-refractivity contribution in [1.82, 2.24) is 4.57 Å². The van der Waals surface area contributed by atoms with E-state index in [2.05, 4.69) is 142 Å². The minimum Gasteiger partial charge on any atom is -0.308 e. The van der Waals surface area contributed by atoms with Gasteiger partial charge in [-0.15, -0.1) is 0 Å². The summed E-state index contributed by atoms with van der Waals surface area (Å²) in [5.74, 6) is 0. The summed E-state index contributed by atoms with van der Waals surface area (Å²) in [4.78, 5) is 0. The van der Waals surface area contributed by atoms with Gasteiger partial charge in [-0.25, -0.2) is 0 Å². The average Bonchev–Trinajstić information content (AvgIpc) is 3.18. The molecule has 6 rings (SSSR count). The first kappa shape index (κ1) is 19.1. The Balaban J connectivity index is 1.69. The number of aromatic nitrogens is 1. The molecule has 0 atom stereocenters. The molecule has 1 heterocycles. The van der Waals surface area contributed by atoms with Gasteiger partial charge in [0.25, 0.3) is 0 Å². The summed E-state index contributed by atoms with van der Waals surface area (Å²) in [5.41, 5.74) is 8.48. The summed E-state index contributed by atoms with van der Waals surface area (Å²) >= 11 is 3.77. The minimum absolute atomic E-state index is 1.08. The monoisotopic (exact) mass is 473 g/mol. The summed E-state index contributed by atoms with van der Waals surface area (Å²) in [5, 5.41) is 2.52. The molecule has 5 aromatic carbocycles. The van der Waals surface area contributed by atoms with Gasteiger partial charge in [0.1, 0.15) is 0 Å². The lowest BCUT2D eigenvalue weighted by molar-refractivity contribution is 1.17. The molecular formula is C30H20BrN. The Kier molecular flexibility index (Phi) is 4.66. The second-order valence-electron chi connectivity index (χ2n) is 7.98. The molecule has 0 amide bonds. The Morgan fingerprint density at radius 2 is 0.906 bits per heavy atom. The van der Waals surface area contributed by atoms with Crippen molar-refractivity contribution in [2.45, 2.75) is 0 Å². The van der Waals surface area contributed by atoms with Crippen molar-refractivity contribution in [3.63, 3.8) is 0 Å². The highest BCUT2D eigenvalue weighted by atomic mass is 79.9. The zero-order chi connectivity index (χ0) is 21.5. The fourth-order valence-electron chi connectivity index (χ4n) is 4.54. The second kappa shape index (κ2) is 7.81. The second-order valence-corrected chi connectivity index (χ2v) is 8.84. The molecule has 0 N–H and O–H groups in total. The summed E-state index contributed by atoms with van der Waals surface area (Å²) in [6.45, 7) is 0. The van der Waals surface area contributed by atoms with E-state index in [0.717, 1.165) is 10.2 Å². The summed E-state index contributed by atoms with van der Waals surface area (Å²) in [6.07, 6.45) is 0. The molecule has 0 bridgehead atoms. The fraction of sp³-hybridized carbons (Fsp3) is 0. The van der Waals surface area contributed by atoms with Crippen molar-refractivity contribution >= 4 is 37.7 Å². The first-order valence-electron chi connectivity index (χ1n) is 10.7. The number of benzene rings is 5. The van der Waals surface area contributed by atoms with Crippen LogP contribution in [0.1, 0.15) is 0 Å². The molecule has 0 aliphatic heterocycles. The molecule has 0 aliphatic rings. The van der Waals surface area contributed by atoms with E-state index in [-0.39, 0.29) is 0 Å². The maximum atomic E-state index is 3.77. The number of rotatable bonds is 3. The smallest absolute Gasteiger partial charge is 0.0604 e. The standard InChI is InChI=1S/C30H20BrN/c31-27-13-7-8-14-30(27)32-28-17-15-23(21-9-3-1-4-10-21)19-25(28)26-20-24(16-18-29(26)32)22-11-5-2-6-12-22/h1-20H. The highest BCUT2D eigenvalue weighted by Crippen LogP contribution is 2.38. The van der Waals surface area contributed by atoms with Crippen molar-refractivity contribution in [2.75, 3.05) is 0 Å². The van der Waals surface area contributed by atoms with E-state index in [1.807, 2.05) is 0 Å². The van der Waals surface area contributed by atoms with Crippen LogP contribution in [0.15, 0.2) is 126 Å². The van der Waals surface area contributed by atoms with Gasteiger partial charge >= 0.3 is 0 Å². The van der Waals surface area contributed by atoms with Gasteiger partial charge in [0.05, 0.1) is 16.7 Å². The Morgan fingerprint density at radius 1 is 0.438 bits per heavy atom. The lowest BCUT2D eigenvalue weighted by atomic mass is 10.0. The zero-order valence-electron chi connectivity index (χ0n) is 17.4. The molecule has 0 spiro atoms. The van der Waals surface area contributed by atoms with Crippen LogP contribution in [0.3, 0.4) is 0 Å². The molecule has 152 valence electrons. The molecule has 0 fully saturated rings. The fourth-order valence-corrected chi connectivity index (χ4v) is 5.00. The molecule has 1 nitrogen and oxygen atoms in total. The molecule has 0 unspecified atom stereocenters. The van der Waals surface area contributed by atoms with Crippen molar-refractivity contribution in [3.05, 3.63) is 126 Å². The SMILES string of the molecule is Brc1ccccc1-n1c2ccc(-c3ccccc3)cc2c2cc(-c3ccccc3)ccc21. The van der Waals surface area contributed by atoms with Crippen molar-refractivity contribution in [1.29, 1.82) is 0 Å². The molecule has 6 aromatic rings. The van der Waals surface area contributed by atoms with Crippen LogP contribution in [-0.4, -0.2) is 4.57 Å². The quantitative estimate of drug-likeness (QED) is 0.241. The third-order valence-electron chi connectivity index (χ3n) is 6.07. The molecule has 0 aliphatic carbocycles. The van der Waals surface area contributed by atoms with Crippen LogP contribution in [0, 0.1) is 0 Å². The number of hydrogen-bond acceptors (Lipinski definition) is 0.